The van der Waals surface area contributed by atoms with Gasteiger partial charge in [-0.3, -0.25) is 0 Å². The summed E-state index contributed by atoms with van der Waals surface area (Å²) in [6.07, 6.45) is 1.82. The molecule has 1 rings (SSSR count). The first-order valence-corrected chi connectivity index (χ1v) is 9.81. The fraction of sp³-hybridized carbons (Fsp3) is 0.375. The molecule has 14 heavy (non-hydrogen) atoms. The molecule has 0 aliphatic carbocycles. The van der Waals surface area contributed by atoms with E-state index in [1.807, 2.05) is 24.4 Å². The zero-order valence-corrected chi connectivity index (χ0v) is 12.2. The van der Waals surface area contributed by atoms with E-state index < -0.39 is 20.0 Å². The summed E-state index contributed by atoms with van der Waals surface area (Å²) < 4.78 is 1.09. The van der Waals surface area contributed by atoms with Gasteiger partial charge in [0, 0.05) is 0 Å². The third-order valence-electron chi connectivity index (χ3n) is 1.34. The van der Waals surface area contributed by atoms with Gasteiger partial charge in [-0.2, -0.15) is 0 Å². The number of nitrogens with zero attached hydrogens (tertiary/aromatic N) is 1. The smallest absolute Gasteiger partial charge is 0.147 e. The number of hydrogen-bond donors (Lipinski definition) is 1. The van der Waals surface area contributed by atoms with Gasteiger partial charge in [0.15, 0.2) is 0 Å². The number of halogens is 2. The van der Waals surface area contributed by atoms with Gasteiger partial charge in [-0.25, -0.2) is 0 Å². The first-order valence-electron chi connectivity index (χ1n) is 3.80. The van der Waals surface area contributed by atoms with E-state index in [1.54, 1.807) is 0 Å². The van der Waals surface area contributed by atoms with Crippen molar-refractivity contribution in [2.24, 2.45) is 4.78 Å². The van der Waals surface area contributed by atoms with Crippen LogP contribution in [-0.4, -0.2) is 11.7 Å². The van der Waals surface area contributed by atoms with Gasteiger partial charge in [-0.15, -0.1) is 24.8 Å². The number of nitrogens with two attached hydrogens (primary N) is 1. The van der Waals surface area contributed by atoms with Crippen LogP contribution in [0.5, 0.6) is 0 Å². The molecule has 0 amide bonds. The van der Waals surface area contributed by atoms with E-state index in [-0.39, 0.29) is 24.8 Å². The maximum absolute atomic E-state index is 6.13. The predicted octanol–water partition coefficient (Wildman–Crippen LogP) is 1.88. The Kier molecular flexibility index (Phi) is 8.19. The maximum atomic E-state index is 6.13. The molecule has 0 fully saturated rings. The molecule has 1 aromatic heterocycles. The summed E-state index contributed by atoms with van der Waals surface area (Å²) in [4.78, 5) is 10.4. The van der Waals surface area contributed by atoms with Crippen LogP contribution in [0.2, 0.25) is 19.6 Å². The van der Waals surface area contributed by atoms with Crippen LogP contribution in [0.4, 0.5) is 0 Å². The Morgan fingerprint density at radius 2 is 1.79 bits per heavy atom. The van der Waals surface area contributed by atoms with Gasteiger partial charge in [0.25, 0.3) is 0 Å². The zero-order valence-electron chi connectivity index (χ0n) is 8.48. The molecule has 0 spiro atoms. The van der Waals surface area contributed by atoms with E-state index >= 15 is 0 Å². The minimum Gasteiger partial charge on any atom is -0.147 e. The summed E-state index contributed by atoms with van der Waals surface area (Å²) in [5.74, 6) is 0. The average molecular weight is 299 g/mol. The molecule has 86 valence electrons. The third-order valence-corrected chi connectivity index (χ3v) is 9.05. The molecule has 0 aromatic carbocycles. The first kappa shape index (κ1) is 16.8. The van der Waals surface area contributed by atoms with Crippen LogP contribution in [0.15, 0.2) is 24.4 Å². The van der Waals surface area contributed by atoms with E-state index in [2.05, 4.69) is 24.6 Å². The van der Waals surface area contributed by atoms with Gasteiger partial charge in [0.2, 0.25) is 0 Å². The number of hydrogen-bond acceptors (Lipinski definition) is 2. The monoisotopic (exact) mass is 298 g/mol. The molecule has 0 saturated heterocycles. The third kappa shape index (κ3) is 4.77. The molecular weight excluding hydrogens is 282 g/mol. The second kappa shape index (κ2) is 6.82. The van der Waals surface area contributed by atoms with Crippen molar-refractivity contribution >= 4 is 36.2 Å². The van der Waals surface area contributed by atoms with Gasteiger partial charge in [-0.05, 0) is 0 Å². The van der Waals surface area contributed by atoms with Crippen LogP contribution in [0.1, 0.15) is 0 Å². The summed E-state index contributed by atoms with van der Waals surface area (Å²) >= 11 is -0.466. The Bertz CT molecular complexity index is 253. The van der Waals surface area contributed by atoms with Crippen LogP contribution in [0.3, 0.4) is 0 Å². The molecule has 0 aliphatic heterocycles. The molecule has 6 heteroatoms. The van der Waals surface area contributed by atoms with Crippen LogP contribution in [0.25, 0.3) is 0 Å². The normalized spacial score (nSPS) is 11.0. The summed E-state index contributed by atoms with van der Waals surface area (Å²) in [6, 6.07) is 5.96. The van der Waals surface area contributed by atoms with Crippen molar-refractivity contribution in [3.05, 3.63) is 24.4 Å². The molecule has 0 aliphatic rings. The summed E-state index contributed by atoms with van der Waals surface area (Å²) in [6.45, 7) is 5.63. The van der Waals surface area contributed by atoms with Gasteiger partial charge in [0.05, 0.1) is 0 Å². The van der Waals surface area contributed by atoms with Crippen molar-refractivity contribution in [3.8, 4) is 0 Å². The summed E-state index contributed by atoms with van der Waals surface area (Å²) in [5.41, 5.74) is 0. The second-order valence-corrected chi connectivity index (χ2v) is 15.0. The van der Waals surface area contributed by atoms with Crippen molar-refractivity contribution in [1.29, 1.82) is 0 Å². The van der Waals surface area contributed by atoms with Crippen molar-refractivity contribution in [1.82, 2.24) is 4.98 Å². The molecule has 0 radical (unpaired) electrons. The second-order valence-electron chi connectivity index (χ2n) is 3.41. The molecule has 2 N–H and O–H groups in total. The van der Waals surface area contributed by atoms with Gasteiger partial charge >= 0.3 is 78.4 Å². The first-order chi connectivity index (χ1) is 5.52. The Morgan fingerprint density at radius 3 is 2.14 bits per heavy atom. The Labute approximate surface area is 103 Å². The Hall–Kier alpha value is 0.413. The SMILES string of the molecule is C[Si](C)(C)[Co]([NH2])[c]1ccccn1.Cl.Cl. The van der Waals surface area contributed by atoms with E-state index in [4.69, 9.17) is 4.78 Å². The molecule has 0 unspecified atom stereocenters. The number of rotatable bonds is 2. The van der Waals surface area contributed by atoms with E-state index in [9.17, 15) is 0 Å². The molecule has 2 nitrogen and oxygen atoms in total. The Balaban J connectivity index is 0. The topological polar surface area (TPSA) is 38.9 Å². The van der Waals surface area contributed by atoms with Gasteiger partial charge < -0.3 is 0 Å². The van der Waals surface area contributed by atoms with Crippen LogP contribution >= 0.6 is 24.8 Å². The van der Waals surface area contributed by atoms with Crippen LogP contribution in [-0.2, 0) is 13.2 Å². The van der Waals surface area contributed by atoms with Crippen LogP contribution in [0, 0.1) is 0 Å². The largest absolute Gasteiger partial charge is 0.147 e. The quantitative estimate of drug-likeness (QED) is 0.847. The standard InChI is InChI=1S/C5H4N.C3H9Si.2ClH.Co.H2N/c1-2-4-6-5-3-1;1-4(2)3;;;;/h1-4H;1-3H3;2*1H;;1H2/q;;;;+1;-1. The minimum atomic E-state index is -1.22. The summed E-state index contributed by atoms with van der Waals surface area (Å²) in [7, 11) is 0. The van der Waals surface area contributed by atoms with Crippen molar-refractivity contribution in [2.45, 2.75) is 19.6 Å². The van der Waals surface area contributed by atoms with Gasteiger partial charge in [-0.1, -0.05) is 0 Å². The molecule has 0 bridgehead atoms. The van der Waals surface area contributed by atoms with Gasteiger partial charge in [0.1, 0.15) is 0 Å². The average Bonchev–Trinajstić information content (AvgIpc) is 2.03. The number of pyridine rings is 1. The van der Waals surface area contributed by atoms with Crippen LogP contribution < -0.4 is 9.41 Å². The maximum Gasteiger partial charge on any atom is -0.147 e. The van der Waals surface area contributed by atoms with E-state index in [0.29, 0.717) is 0 Å². The predicted molar refractivity (Wildman–Crippen MR) is 65.9 cm³/mol. The molecule has 1 heterocycles. The zero-order chi connectivity index (χ0) is 9.19. The molecular formula is C8H17Cl2CoN2Si. The molecule has 0 saturated carbocycles. The summed E-state index contributed by atoms with van der Waals surface area (Å²) in [5, 5.41) is 0. The van der Waals surface area contributed by atoms with Crippen molar-refractivity contribution < 1.29 is 13.2 Å². The minimum absolute atomic E-state index is 0. The van der Waals surface area contributed by atoms with Crippen molar-refractivity contribution in [3.63, 3.8) is 0 Å². The molecule has 0 atom stereocenters. The Morgan fingerprint density at radius 1 is 1.21 bits per heavy atom. The van der Waals surface area contributed by atoms with Crippen molar-refractivity contribution in [2.75, 3.05) is 0 Å². The van der Waals surface area contributed by atoms with E-state index in [1.165, 1.54) is 0 Å². The molecule has 1 aromatic rings. The fourth-order valence-corrected chi connectivity index (χ4v) is 4.52. The number of aromatic nitrogens is 1. The fourth-order valence-electron chi connectivity index (χ4n) is 0.697. The van der Waals surface area contributed by atoms with E-state index in [0.717, 1.165) is 4.63 Å².